The van der Waals surface area contributed by atoms with Gasteiger partial charge in [-0.2, -0.15) is 5.26 Å². The summed E-state index contributed by atoms with van der Waals surface area (Å²) in [7, 11) is 1.51. The molecule has 1 aromatic rings. The highest BCUT2D eigenvalue weighted by molar-refractivity contribution is 5.83. The van der Waals surface area contributed by atoms with Crippen molar-refractivity contribution in [3.05, 3.63) is 23.8 Å². The van der Waals surface area contributed by atoms with Crippen molar-refractivity contribution in [3.63, 3.8) is 0 Å². The number of benzene rings is 1. The summed E-state index contributed by atoms with van der Waals surface area (Å²) in [5.74, 6) is 0.0997. The van der Waals surface area contributed by atoms with Crippen molar-refractivity contribution in [3.8, 4) is 11.8 Å². The lowest BCUT2D eigenvalue weighted by atomic mass is 10.1. The molecule has 0 fully saturated rings. The molecule has 0 bridgehead atoms. The van der Waals surface area contributed by atoms with Crippen LogP contribution in [0.5, 0.6) is 5.75 Å². The van der Waals surface area contributed by atoms with Gasteiger partial charge in [-0.05, 0) is 18.6 Å². The number of rotatable bonds is 5. The first-order chi connectivity index (χ1) is 8.12. The van der Waals surface area contributed by atoms with E-state index in [0.29, 0.717) is 23.4 Å². The fourth-order valence-electron chi connectivity index (χ4n) is 1.44. The maximum atomic E-state index is 11.1. The van der Waals surface area contributed by atoms with E-state index in [2.05, 4.69) is 5.32 Å². The molecule has 0 saturated heterocycles. The Kier molecular flexibility index (Phi) is 4.35. The molecular weight excluding hydrogens is 218 g/mol. The molecule has 0 saturated carbocycles. The lowest BCUT2D eigenvalue weighted by molar-refractivity contribution is -0.118. The summed E-state index contributed by atoms with van der Waals surface area (Å²) in [5, 5.41) is 11.8. The molecular formula is C12H15N3O2. The van der Waals surface area contributed by atoms with Crippen LogP contribution in [0.3, 0.4) is 0 Å². The predicted octanol–water partition coefficient (Wildman–Crippen LogP) is 1.24. The number of methoxy groups -OCH3 is 1. The summed E-state index contributed by atoms with van der Waals surface area (Å²) in [5.41, 5.74) is 6.40. The molecule has 3 N–H and O–H groups in total. The van der Waals surface area contributed by atoms with E-state index in [-0.39, 0.29) is 0 Å². The molecule has 0 aliphatic carbocycles. The lowest BCUT2D eigenvalue weighted by Gasteiger charge is -2.17. The molecule has 1 unspecified atom stereocenters. The third kappa shape index (κ3) is 3.11. The largest absolute Gasteiger partial charge is 0.495 e. The summed E-state index contributed by atoms with van der Waals surface area (Å²) in [6, 6.07) is 6.53. The van der Waals surface area contributed by atoms with Gasteiger partial charge in [0.2, 0.25) is 5.91 Å². The lowest BCUT2D eigenvalue weighted by Crippen LogP contribution is -2.34. The van der Waals surface area contributed by atoms with E-state index in [1.165, 1.54) is 7.11 Å². The molecule has 0 aliphatic heterocycles. The van der Waals surface area contributed by atoms with E-state index >= 15 is 0 Å². The zero-order valence-electron chi connectivity index (χ0n) is 9.86. The van der Waals surface area contributed by atoms with Crippen LogP contribution in [0.15, 0.2) is 18.2 Å². The van der Waals surface area contributed by atoms with Crippen molar-refractivity contribution < 1.29 is 9.53 Å². The normalized spacial score (nSPS) is 11.4. The van der Waals surface area contributed by atoms with Gasteiger partial charge in [0.25, 0.3) is 0 Å². The average Bonchev–Trinajstić information content (AvgIpc) is 2.35. The van der Waals surface area contributed by atoms with Gasteiger partial charge in [-0.15, -0.1) is 0 Å². The van der Waals surface area contributed by atoms with Gasteiger partial charge in [0.15, 0.2) is 0 Å². The molecule has 1 rings (SSSR count). The highest BCUT2D eigenvalue weighted by Crippen LogP contribution is 2.26. The van der Waals surface area contributed by atoms with E-state index in [1.807, 2.05) is 13.0 Å². The maximum absolute atomic E-state index is 11.1. The molecule has 0 radical (unpaired) electrons. The number of ether oxygens (including phenoxy) is 1. The topological polar surface area (TPSA) is 88.1 Å². The number of carbonyl (C=O) groups excluding carboxylic acids is 1. The van der Waals surface area contributed by atoms with Crippen molar-refractivity contribution in [1.82, 2.24) is 0 Å². The average molecular weight is 233 g/mol. The molecule has 5 nitrogen and oxygen atoms in total. The Morgan fingerprint density at radius 2 is 2.35 bits per heavy atom. The van der Waals surface area contributed by atoms with E-state index in [0.717, 1.165) is 0 Å². The number of amides is 1. The van der Waals surface area contributed by atoms with Crippen LogP contribution in [-0.4, -0.2) is 19.1 Å². The van der Waals surface area contributed by atoms with Gasteiger partial charge in [0.1, 0.15) is 11.8 Å². The molecule has 0 aromatic heterocycles. The van der Waals surface area contributed by atoms with Crippen LogP contribution >= 0.6 is 0 Å². The van der Waals surface area contributed by atoms with Crippen molar-refractivity contribution in [1.29, 1.82) is 5.26 Å². The van der Waals surface area contributed by atoms with Crippen molar-refractivity contribution in [2.75, 3.05) is 12.4 Å². The van der Waals surface area contributed by atoms with Gasteiger partial charge < -0.3 is 15.8 Å². The summed E-state index contributed by atoms with van der Waals surface area (Å²) >= 11 is 0. The summed E-state index contributed by atoms with van der Waals surface area (Å²) in [6.07, 6.45) is 0.582. The fourth-order valence-corrected chi connectivity index (χ4v) is 1.44. The molecule has 17 heavy (non-hydrogen) atoms. The number of nitrogens with one attached hydrogen (secondary N) is 1. The highest BCUT2D eigenvalue weighted by atomic mass is 16.5. The monoisotopic (exact) mass is 233 g/mol. The van der Waals surface area contributed by atoms with Crippen LogP contribution in [0.4, 0.5) is 5.69 Å². The number of nitrogens with zero attached hydrogens (tertiary/aromatic N) is 1. The third-order valence-electron chi connectivity index (χ3n) is 2.41. The standard InChI is InChI=1S/C12H15N3O2/c1-3-9(12(14)16)15-10-5-4-8(7-13)6-11(10)17-2/h4-6,9,15H,3H2,1-2H3,(H2,14,16). The summed E-state index contributed by atoms with van der Waals surface area (Å²) in [4.78, 5) is 11.1. The Bertz CT molecular complexity index is 452. The van der Waals surface area contributed by atoms with E-state index in [1.54, 1.807) is 18.2 Å². The molecule has 1 aromatic carbocycles. The van der Waals surface area contributed by atoms with E-state index in [9.17, 15) is 4.79 Å². The number of hydrogen-bond acceptors (Lipinski definition) is 4. The van der Waals surface area contributed by atoms with Crippen LogP contribution in [0, 0.1) is 11.3 Å². The van der Waals surface area contributed by atoms with E-state index in [4.69, 9.17) is 15.7 Å². The third-order valence-corrected chi connectivity index (χ3v) is 2.41. The first kappa shape index (κ1) is 12.8. The molecule has 90 valence electrons. The molecule has 0 spiro atoms. The van der Waals surface area contributed by atoms with Crippen LogP contribution in [0.2, 0.25) is 0 Å². The molecule has 5 heteroatoms. The van der Waals surface area contributed by atoms with Gasteiger partial charge in [0.05, 0.1) is 24.4 Å². The minimum Gasteiger partial charge on any atom is -0.495 e. The number of carbonyl (C=O) groups is 1. The summed E-state index contributed by atoms with van der Waals surface area (Å²) in [6.45, 7) is 1.86. The zero-order valence-corrected chi connectivity index (χ0v) is 9.86. The first-order valence-corrected chi connectivity index (χ1v) is 5.26. The SMILES string of the molecule is CCC(Nc1ccc(C#N)cc1OC)C(N)=O. The molecule has 0 aliphatic rings. The van der Waals surface area contributed by atoms with E-state index < -0.39 is 11.9 Å². The van der Waals surface area contributed by atoms with Gasteiger partial charge in [-0.1, -0.05) is 6.92 Å². The summed E-state index contributed by atoms with van der Waals surface area (Å²) < 4.78 is 5.15. The number of nitrogens with two attached hydrogens (primary N) is 1. The maximum Gasteiger partial charge on any atom is 0.239 e. The van der Waals surface area contributed by atoms with Crippen molar-refractivity contribution >= 4 is 11.6 Å². The van der Waals surface area contributed by atoms with Crippen molar-refractivity contribution in [2.24, 2.45) is 5.73 Å². The zero-order chi connectivity index (χ0) is 12.8. The second kappa shape index (κ2) is 5.75. The number of primary amides is 1. The Balaban J connectivity index is 2.98. The minimum absolute atomic E-state index is 0.418. The van der Waals surface area contributed by atoms with Crippen LogP contribution in [0.25, 0.3) is 0 Å². The minimum atomic E-state index is -0.447. The van der Waals surface area contributed by atoms with Gasteiger partial charge in [-0.3, -0.25) is 4.79 Å². The molecule has 1 atom stereocenters. The fraction of sp³-hybridized carbons (Fsp3) is 0.333. The quantitative estimate of drug-likeness (QED) is 0.800. The Labute approximate surface area is 100 Å². The van der Waals surface area contributed by atoms with Crippen molar-refractivity contribution in [2.45, 2.75) is 19.4 Å². The predicted molar refractivity (Wildman–Crippen MR) is 64.6 cm³/mol. The van der Waals surface area contributed by atoms with Gasteiger partial charge in [-0.25, -0.2) is 0 Å². The number of anilines is 1. The molecule has 0 heterocycles. The van der Waals surface area contributed by atoms with Gasteiger partial charge >= 0.3 is 0 Å². The Morgan fingerprint density at radius 1 is 1.65 bits per heavy atom. The first-order valence-electron chi connectivity index (χ1n) is 5.26. The van der Waals surface area contributed by atoms with Crippen LogP contribution in [0.1, 0.15) is 18.9 Å². The van der Waals surface area contributed by atoms with Crippen LogP contribution in [-0.2, 0) is 4.79 Å². The highest BCUT2D eigenvalue weighted by Gasteiger charge is 2.14. The smallest absolute Gasteiger partial charge is 0.239 e. The van der Waals surface area contributed by atoms with Crippen LogP contribution < -0.4 is 15.8 Å². The number of hydrogen-bond donors (Lipinski definition) is 2. The second-order valence-corrected chi connectivity index (χ2v) is 3.53. The number of nitriles is 1. The molecule has 1 amide bonds. The Morgan fingerprint density at radius 3 is 2.82 bits per heavy atom. The Hall–Kier alpha value is -2.22. The van der Waals surface area contributed by atoms with Gasteiger partial charge in [0, 0.05) is 6.07 Å². The second-order valence-electron chi connectivity index (χ2n) is 3.53.